The Hall–Kier alpha value is -1.09. The number of carbonyl (C=O) groups excluding carboxylic acids is 1. The maximum atomic E-state index is 10.2. The van der Waals surface area contributed by atoms with Crippen LogP contribution in [0.1, 0.15) is 16.1 Å². The molecule has 1 aromatic rings. The largest absolute Gasteiger partial charge is 0.505 e. The highest BCUT2D eigenvalue weighted by Gasteiger charge is 2.05. The minimum absolute atomic E-state index is 0.0307. The van der Waals surface area contributed by atoms with Crippen LogP contribution < -0.4 is 0 Å². The summed E-state index contributed by atoms with van der Waals surface area (Å²) in [6.45, 7) is 0. The topological polar surface area (TPSA) is 50.2 Å². The number of aromatic hydroxyl groups is 1. The SMILES string of the molecule is O=Cc1nccc(CCl)c1O. The van der Waals surface area contributed by atoms with Gasteiger partial charge in [0.05, 0.1) is 5.88 Å². The zero-order chi connectivity index (χ0) is 8.27. The van der Waals surface area contributed by atoms with Crippen LogP contribution in [-0.2, 0) is 5.88 Å². The van der Waals surface area contributed by atoms with E-state index in [1.165, 1.54) is 6.20 Å². The van der Waals surface area contributed by atoms with Crippen LogP contribution in [0.4, 0.5) is 0 Å². The average molecular weight is 172 g/mol. The lowest BCUT2D eigenvalue weighted by molar-refractivity contribution is 0.111. The summed E-state index contributed by atoms with van der Waals surface area (Å²) in [6, 6.07) is 1.56. The number of hydrogen-bond acceptors (Lipinski definition) is 3. The second-order valence-electron chi connectivity index (χ2n) is 1.96. The van der Waals surface area contributed by atoms with Gasteiger partial charge in [0, 0.05) is 11.8 Å². The molecule has 11 heavy (non-hydrogen) atoms. The molecule has 0 unspecified atom stereocenters. The number of carbonyl (C=O) groups is 1. The van der Waals surface area contributed by atoms with Gasteiger partial charge in [-0.05, 0) is 6.07 Å². The minimum atomic E-state index is -0.127. The van der Waals surface area contributed by atoms with E-state index in [2.05, 4.69) is 4.98 Å². The first-order valence-corrected chi connectivity index (χ1v) is 3.51. The lowest BCUT2D eigenvalue weighted by Crippen LogP contribution is -1.90. The Balaban J connectivity index is 3.20. The van der Waals surface area contributed by atoms with Crippen molar-refractivity contribution in [3.63, 3.8) is 0 Å². The first-order valence-electron chi connectivity index (χ1n) is 2.97. The Morgan fingerprint density at radius 1 is 1.73 bits per heavy atom. The third-order valence-corrected chi connectivity index (χ3v) is 1.58. The molecule has 3 nitrogen and oxygen atoms in total. The second kappa shape index (κ2) is 3.34. The monoisotopic (exact) mass is 171 g/mol. The van der Waals surface area contributed by atoms with Crippen molar-refractivity contribution in [3.05, 3.63) is 23.5 Å². The van der Waals surface area contributed by atoms with E-state index in [9.17, 15) is 9.90 Å². The Bertz CT molecular complexity index is 275. The Morgan fingerprint density at radius 2 is 2.45 bits per heavy atom. The van der Waals surface area contributed by atoms with Gasteiger partial charge in [-0.2, -0.15) is 0 Å². The van der Waals surface area contributed by atoms with Crippen molar-refractivity contribution in [2.75, 3.05) is 0 Å². The van der Waals surface area contributed by atoms with Crippen molar-refractivity contribution >= 4 is 17.9 Å². The molecule has 0 saturated carbocycles. The van der Waals surface area contributed by atoms with Crippen LogP contribution in [-0.4, -0.2) is 16.4 Å². The summed E-state index contributed by atoms with van der Waals surface area (Å²) in [5.41, 5.74) is 0.548. The molecule has 4 heteroatoms. The molecule has 1 heterocycles. The number of pyridine rings is 1. The first kappa shape index (κ1) is 8.01. The summed E-state index contributed by atoms with van der Waals surface area (Å²) < 4.78 is 0. The van der Waals surface area contributed by atoms with E-state index in [-0.39, 0.29) is 17.3 Å². The van der Waals surface area contributed by atoms with Crippen molar-refractivity contribution in [2.24, 2.45) is 0 Å². The summed E-state index contributed by atoms with van der Waals surface area (Å²) in [5, 5.41) is 9.21. The fourth-order valence-electron chi connectivity index (χ4n) is 0.706. The Labute approximate surface area is 68.6 Å². The lowest BCUT2D eigenvalue weighted by atomic mass is 10.2. The summed E-state index contributed by atoms with van der Waals surface area (Å²) in [4.78, 5) is 13.9. The molecule has 0 aliphatic rings. The molecule has 0 atom stereocenters. The van der Waals surface area contributed by atoms with E-state index >= 15 is 0 Å². The molecule has 0 radical (unpaired) electrons. The van der Waals surface area contributed by atoms with Gasteiger partial charge < -0.3 is 5.11 Å². The van der Waals surface area contributed by atoms with E-state index in [1.807, 2.05) is 0 Å². The Kier molecular flexibility index (Phi) is 2.44. The molecule has 0 aromatic carbocycles. The van der Waals surface area contributed by atoms with Gasteiger partial charge in [-0.1, -0.05) is 0 Å². The minimum Gasteiger partial charge on any atom is -0.505 e. The fourth-order valence-corrected chi connectivity index (χ4v) is 0.922. The maximum Gasteiger partial charge on any atom is 0.172 e. The zero-order valence-electron chi connectivity index (χ0n) is 5.62. The predicted molar refractivity (Wildman–Crippen MR) is 40.8 cm³/mol. The Morgan fingerprint density at radius 3 is 3.00 bits per heavy atom. The third-order valence-electron chi connectivity index (χ3n) is 1.29. The molecule has 0 amide bonds. The average Bonchev–Trinajstić information content (AvgIpc) is 2.05. The van der Waals surface area contributed by atoms with Crippen LogP contribution in [0.5, 0.6) is 5.75 Å². The van der Waals surface area contributed by atoms with Gasteiger partial charge in [0.2, 0.25) is 0 Å². The quantitative estimate of drug-likeness (QED) is 0.540. The molecular weight excluding hydrogens is 166 g/mol. The first-order chi connectivity index (χ1) is 5.29. The molecule has 0 aliphatic carbocycles. The number of hydrogen-bond donors (Lipinski definition) is 1. The van der Waals surface area contributed by atoms with Gasteiger partial charge in [0.15, 0.2) is 6.29 Å². The van der Waals surface area contributed by atoms with Gasteiger partial charge in [0.1, 0.15) is 11.4 Å². The number of nitrogens with zero attached hydrogens (tertiary/aromatic N) is 1. The van der Waals surface area contributed by atoms with E-state index in [0.717, 1.165) is 0 Å². The highest BCUT2D eigenvalue weighted by molar-refractivity contribution is 6.17. The van der Waals surface area contributed by atoms with Crippen LogP contribution in [0.2, 0.25) is 0 Å². The standard InChI is InChI=1S/C7H6ClNO2/c8-3-5-1-2-9-6(4-10)7(5)11/h1-2,4,11H,3H2. The molecule has 0 spiro atoms. The molecule has 1 aromatic heterocycles. The van der Waals surface area contributed by atoms with Crippen LogP contribution in [0, 0.1) is 0 Å². The molecule has 0 aliphatic heterocycles. The molecule has 0 saturated heterocycles. The van der Waals surface area contributed by atoms with E-state index < -0.39 is 0 Å². The van der Waals surface area contributed by atoms with Crippen molar-refractivity contribution in [1.29, 1.82) is 0 Å². The molecular formula is C7H6ClNO2. The number of aromatic nitrogens is 1. The number of rotatable bonds is 2. The van der Waals surface area contributed by atoms with E-state index in [1.54, 1.807) is 6.07 Å². The molecule has 58 valence electrons. The predicted octanol–water partition coefficient (Wildman–Crippen LogP) is 1.34. The van der Waals surface area contributed by atoms with Gasteiger partial charge in [-0.15, -0.1) is 11.6 Å². The van der Waals surface area contributed by atoms with Crippen molar-refractivity contribution in [3.8, 4) is 5.75 Å². The van der Waals surface area contributed by atoms with Crippen LogP contribution in [0.25, 0.3) is 0 Å². The van der Waals surface area contributed by atoms with Crippen LogP contribution in [0.15, 0.2) is 12.3 Å². The van der Waals surface area contributed by atoms with Crippen molar-refractivity contribution in [1.82, 2.24) is 4.98 Å². The zero-order valence-corrected chi connectivity index (χ0v) is 6.38. The summed E-state index contributed by atoms with van der Waals surface area (Å²) in [7, 11) is 0. The van der Waals surface area contributed by atoms with E-state index in [4.69, 9.17) is 11.6 Å². The number of halogens is 1. The summed E-state index contributed by atoms with van der Waals surface area (Å²) >= 11 is 5.46. The number of aldehydes is 1. The van der Waals surface area contributed by atoms with Crippen LogP contribution >= 0.6 is 11.6 Å². The van der Waals surface area contributed by atoms with Crippen molar-refractivity contribution < 1.29 is 9.90 Å². The maximum absolute atomic E-state index is 10.2. The third kappa shape index (κ3) is 1.49. The molecule has 0 fully saturated rings. The fraction of sp³-hybridized carbons (Fsp3) is 0.143. The van der Waals surface area contributed by atoms with Gasteiger partial charge in [-0.3, -0.25) is 4.79 Å². The van der Waals surface area contributed by atoms with Gasteiger partial charge in [-0.25, -0.2) is 4.98 Å². The lowest BCUT2D eigenvalue weighted by Gasteiger charge is -1.99. The molecule has 0 bridgehead atoms. The molecule has 1 N–H and O–H groups in total. The molecule has 1 rings (SSSR count). The van der Waals surface area contributed by atoms with Crippen molar-refractivity contribution in [2.45, 2.75) is 5.88 Å². The highest BCUT2D eigenvalue weighted by atomic mass is 35.5. The summed E-state index contributed by atoms with van der Waals surface area (Å²) in [5.74, 6) is 0.0485. The summed E-state index contributed by atoms with van der Waals surface area (Å²) in [6.07, 6.45) is 1.92. The van der Waals surface area contributed by atoms with Gasteiger partial charge >= 0.3 is 0 Å². The smallest absolute Gasteiger partial charge is 0.172 e. The normalized spacial score (nSPS) is 9.55. The highest BCUT2D eigenvalue weighted by Crippen LogP contribution is 2.19. The van der Waals surface area contributed by atoms with Gasteiger partial charge in [0.25, 0.3) is 0 Å². The number of alkyl halides is 1. The van der Waals surface area contributed by atoms with Crippen LogP contribution in [0.3, 0.4) is 0 Å². The second-order valence-corrected chi connectivity index (χ2v) is 2.22. The van der Waals surface area contributed by atoms with E-state index in [0.29, 0.717) is 11.8 Å².